The first kappa shape index (κ1) is 38.6. The van der Waals surface area contributed by atoms with Crippen LogP contribution in [0.15, 0.2) is 85.5 Å². The minimum absolute atomic E-state index is 0.00876. The molecule has 2 unspecified atom stereocenters. The van der Waals surface area contributed by atoms with Crippen LogP contribution in [0.2, 0.25) is 0 Å². The molecule has 4 N–H and O–H groups in total. The van der Waals surface area contributed by atoms with Crippen molar-refractivity contribution in [3.05, 3.63) is 96.6 Å². The molecule has 1 aliphatic carbocycles. The number of epoxide rings is 1. The maximum atomic E-state index is 13.7. The van der Waals surface area contributed by atoms with Crippen molar-refractivity contribution in [2.24, 2.45) is 0 Å². The highest BCUT2D eigenvalue weighted by Crippen LogP contribution is 2.49. The first-order valence-electron chi connectivity index (χ1n) is 20.9. The third-order valence-electron chi connectivity index (χ3n) is 13.1. The average molecular weight is 828 g/mol. The van der Waals surface area contributed by atoms with Gasteiger partial charge in [0.1, 0.15) is 36.0 Å². The molecule has 3 aromatic heterocycles. The lowest BCUT2D eigenvalue weighted by Gasteiger charge is -2.46. The smallest absolute Gasteiger partial charge is 0.341 e. The van der Waals surface area contributed by atoms with E-state index in [4.69, 9.17) is 15.2 Å². The molecule has 7 heterocycles. The molecule has 5 aliphatic rings. The summed E-state index contributed by atoms with van der Waals surface area (Å²) in [6, 6.07) is 18.4. The van der Waals surface area contributed by atoms with Gasteiger partial charge in [0, 0.05) is 37.2 Å². The van der Waals surface area contributed by atoms with E-state index in [2.05, 4.69) is 43.3 Å². The summed E-state index contributed by atoms with van der Waals surface area (Å²) >= 11 is 0. The number of benzene rings is 2. The first-order valence-corrected chi connectivity index (χ1v) is 20.9. The van der Waals surface area contributed by atoms with Gasteiger partial charge in [0.15, 0.2) is 23.9 Å². The van der Waals surface area contributed by atoms with Crippen molar-refractivity contribution in [2.45, 2.75) is 68.9 Å². The van der Waals surface area contributed by atoms with Crippen molar-refractivity contribution in [1.82, 2.24) is 29.8 Å². The summed E-state index contributed by atoms with van der Waals surface area (Å²) in [5.41, 5.74) is 9.92. The summed E-state index contributed by atoms with van der Waals surface area (Å²) < 4.78 is 16.0. The molecule has 17 nitrogen and oxygen atoms in total. The van der Waals surface area contributed by atoms with Gasteiger partial charge in [0.05, 0.1) is 48.6 Å². The lowest BCUT2D eigenvalue weighted by atomic mass is 9.80. The molecule has 2 aromatic carbocycles. The number of nitrogen functional groups attached to an aromatic ring is 1. The number of hydrogen-bond acceptors (Lipinski definition) is 12. The Bertz CT molecular complexity index is 2520. The van der Waals surface area contributed by atoms with E-state index in [9.17, 15) is 24.6 Å². The van der Waals surface area contributed by atoms with Gasteiger partial charge in [-0.15, -0.1) is 10.2 Å². The van der Waals surface area contributed by atoms with Crippen molar-refractivity contribution in [3.8, 4) is 28.4 Å². The van der Waals surface area contributed by atoms with Gasteiger partial charge < -0.3 is 35.2 Å². The Hall–Kier alpha value is -6.59. The molecule has 0 bridgehead atoms. The van der Waals surface area contributed by atoms with Crippen LogP contribution in [-0.2, 0) is 21.0 Å². The number of ether oxygens (including phenoxy) is 2. The van der Waals surface area contributed by atoms with Gasteiger partial charge in [-0.25, -0.2) is 9.48 Å². The number of para-hydroxylation sites is 2. The predicted octanol–water partition coefficient (Wildman–Crippen LogP) is 3.55. The summed E-state index contributed by atoms with van der Waals surface area (Å²) in [6.45, 7) is 3.41. The van der Waals surface area contributed by atoms with E-state index >= 15 is 0 Å². The highest BCUT2D eigenvalue weighted by atomic mass is 16.6. The van der Waals surface area contributed by atoms with Gasteiger partial charge in [0.25, 0.3) is 0 Å². The Morgan fingerprint density at radius 1 is 0.951 bits per heavy atom. The molecule has 3 saturated heterocycles. The fraction of sp³-hybridized carbons (Fsp3) is 0.386. The largest absolute Gasteiger partial charge is 0.507 e. The number of carbonyl (C=O) groups is 3. The van der Waals surface area contributed by atoms with Crippen LogP contribution in [-0.4, -0.2) is 115 Å². The number of carboxylic acids is 1. The minimum atomic E-state index is -1.02. The topological polar surface area (TPSA) is 200 Å². The average Bonchev–Trinajstić information content (AvgIpc) is 3.91. The Morgan fingerprint density at radius 3 is 2.57 bits per heavy atom. The number of piperazine rings is 1. The third kappa shape index (κ3) is 7.06. The number of fused-ring (bicyclic) bond motifs is 1. The number of likely N-dealkylation sites (tertiary alicyclic amines) is 1. The van der Waals surface area contributed by atoms with Crippen LogP contribution in [0.3, 0.4) is 0 Å². The number of carboxylic acid groups (broad SMARTS) is 1. The highest BCUT2D eigenvalue weighted by molar-refractivity contribution is 5.95. The fourth-order valence-electron chi connectivity index (χ4n) is 9.88. The normalized spacial score (nSPS) is 24.1. The van der Waals surface area contributed by atoms with Crippen LogP contribution in [0.1, 0.15) is 60.4 Å². The summed E-state index contributed by atoms with van der Waals surface area (Å²) in [7, 11) is 0. The quantitative estimate of drug-likeness (QED) is 0.144. The zero-order valence-electron chi connectivity index (χ0n) is 33.5. The summed E-state index contributed by atoms with van der Waals surface area (Å²) in [5.74, 6) is 0.457. The molecule has 4 fully saturated rings. The molecule has 17 heteroatoms. The molecule has 4 aliphatic heterocycles. The maximum absolute atomic E-state index is 13.7. The zero-order valence-corrected chi connectivity index (χ0v) is 33.5. The van der Waals surface area contributed by atoms with E-state index in [1.54, 1.807) is 80.2 Å². The molecule has 314 valence electrons. The highest BCUT2D eigenvalue weighted by Gasteiger charge is 2.63. The number of amides is 2. The second kappa shape index (κ2) is 15.5. The van der Waals surface area contributed by atoms with Crippen LogP contribution in [0, 0.1) is 0 Å². The molecule has 0 radical (unpaired) electrons. The number of aromatic nitrogens is 5. The van der Waals surface area contributed by atoms with Crippen molar-refractivity contribution in [2.75, 3.05) is 54.9 Å². The van der Waals surface area contributed by atoms with Crippen molar-refractivity contribution in [3.63, 3.8) is 0 Å². The van der Waals surface area contributed by atoms with E-state index in [1.165, 1.54) is 11.6 Å². The number of phenolic OH excluding ortho intramolecular Hbond substituents is 1. The first-order chi connectivity index (χ1) is 29.7. The summed E-state index contributed by atoms with van der Waals surface area (Å²) in [6.07, 6.45) is 11.6. The Balaban J connectivity index is 0.787. The van der Waals surface area contributed by atoms with Gasteiger partial charge >= 0.3 is 5.97 Å². The monoisotopic (exact) mass is 827 g/mol. The number of nitrogens with two attached hydrogens (primary N) is 1. The zero-order chi connectivity index (χ0) is 41.8. The molecular weight excluding hydrogens is 781 g/mol. The maximum Gasteiger partial charge on any atom is 0.341 e. The van der Waals surface area contributed by atoms with Crippen molar-refractivity contribution < 1.29 is 38.6 Å². The lowest BCUT2D eigenvalue weighted by molar-refractivity contribution is -0.715. The van der Waals surface area contributed by atoms with Crippen molar-refractivity contribution in [1.29, 1.82) is 0 Å². The number of aromatic carboxylic acids is 1. The number of aromatic hydroxyl groups is 1. The van der Waals surface area contributed by atoms with E-state index in [0.717, 1.165) is 43.7 Å². The number of hydrogen-bond donors (Lipinski definition) is 3. The van der Waals surface area contributed by atoms with E-state index in [0.29, 0.717) is 80.3 Å². The number of carbonyl (C=O) groups excluding carboxylic acids is 2. The predicted molar refractivity (Wildman–Crippen MR) is 221 cm³/mol. The van der Waals surface area contributed by atoms with E-state index in [-0.39, 0.29) is 41.7 Å². The second-order valence-corrected chi connectivity index (χ2v) is 16.5. The van der Waals surface area contributed by atoms with Gasteiger partial charge in [-0.05, 0) is 73.9 Å². The number of anilines is 3. The van der Waals surface area contributed by atoms with E-state index in [1.807, 2.05) is 0 Å². The van der Waals surface area contributed by atoms with E-state index < -0.39 is 11.7 Å². The van der Waals surface area contributed by atoms with Crippen LogP contribution >= 0.6 is 0 Å². The van der Waals surface area contributed by atoms with Crippen LogP contribution in [0.25, 0.3) is 16.9 Å². The molecule has 1 saturated carbocycles. The molecule has 1 spiro atoms. The van der Waals surface area contributed by atoms with Gasteiger partial charge in [-0.3, -0.25) is 19.4 Å². The van der Waals surface area contributed by atoms with Gasteiger partial charge in [0.2, 0.25) is 18.5 Å². The molecule has 10 rings (SSSR count). The number of pyridine rings is 1. The number of phenols is 1. The fourth-order valence-corrected chi connectivity index (χ4v) is 9.88. The van der Waals surface area contributed by atoms with Crippen molar-refractivity contribution >= 4 is 35.0 Å². The Labute approximate surface area is 351 Å². The number of nitrogens with zero attached hydrogens (tertiary/aromatic N) is 9. The molecule has 5 aromatic rings. The van der Waals surface area contributed by atoms with Crippen LogP contribution in [0.5, 0.6) is 11.5 Å². The minimum Gasteiger partial charge on any atom is -0.507 e. The van der Waals surface area contributed by atoms with Crippen LogP contribution < -0.4 is 24.8 Å². The summed E-state index contributed by atoms with van der Waals surface area (Å²) in [5, 5.41) is 32.7. The third-order valence-corrected chi connectivity index (χ3v) is 13.1. The number of rotatable bonds is 9. The Kier molecular flexibility index (Phi) is 9.78. The number of piperidine rings is 1. The Morgan fingerprint density at radius 2 is 1.79 bits per heavy atom. The summed E-state index contributed by atoms with van der Waals surface area (Å²) in [4.78, 5) is 46.9. The second-order valence-electron chi connectivity index (χ2n) is 16.5. The molecule has 2 amide bonds. The SMILES string of the molecule is Nc1nnc(-c2ccccc2O)cc1-n1cc(N2CCN(C3CCC(c4cccc5c4OCCN5C4CCC(=O)N(C[n+]5cccc(C(=O)O)c5)C45CO5)CC3)CC2=O)cn1. The van der Waals surface area contributed by atoms with Gasteiger partial charge in [-0.1, -0.05) is 24.3 Å². The standard InChI is InChI=1S/C44H46N10O7/c45-42-36(21-34(47-48-42)33-6-1-2-9-37(33)55)54-24-31(22-46-54)51-18-17-50(25-40(51)57)30-12-10-28(11-13-30)32-7-3-8-35-41(32)60-20-19-52(35)38-14-15-39(56)53(44(38)26-61-44)27-49-16-4-5-29(23-49)43(58)59/h1-9,16,21-24,28,30,38H,10-15,17-20,25-27H2,(H3-,45,47,48,55,58,59)/p+1. The molecule has 2 atom stereocenters. The van der Waals surface area contributed by atoms with Gasteiger partial charge in [-0.2, -0.15) is 9.67 Å². The lowest BCUT2D eigenvalue weighted by Crippen LogP contribution is -2.64. The van der Waals surface area contributed by atoms with Crippen LogP contribution in [0.4, 0.5) is 17.2 Å². The molecule has 61 heavy (non-hydrogen) atoms. The molecular formula is C44H47N10O7+.